The van der Waals surface area contributed by atoms with Crippen molar-refractivity contribution in [3.8, 4) is 0 Å². The average molecular weight is 335 g/mol. The van der Waals surface area contributed by atoms with Crippen LogP contribution in [0.25, 0.3) is 10.9 Å². The lowest BCUT2D eigenvalue weighted by Crippen LogP contribution is -2.17. The van der Waals surface area contributed by atoms with Crippen molar-refractivity contribution in [2.45, 2.75) is 25.7 Å². The summed E-state index contributed by atoms with van der Waals surface area (Å²) < 4.78 is 12.9. The highest BCUT2D eigenvalue weighted by molar-refractivity contribution is 5.99. The molecule has 1 aliphatic rings. The molecule has 0 bridgehead atoms. The van der Waals surface area contributed by atoms with Crippen molar-refractivity contribution in [1.29, 1.82) is 0 Å². The van der Waals surface area contributed by atoms with E-state index in [-0.39, 0.29) is 11.7 Å². The van der Waals surface area contributed by atoms with E-state index in [1.54, 1.807) is 18.2 Å². The van der Waals surface area contributed by atoms with Gasteiger partial charge < -0.3 is 4.98 Å². The number of benzene rings is 2. The number of nitrogens with zero attached hydrogens (tertiary/aromatic N) is 1. The van der Waals surface area contributed by atoms with Crippen molar-refractivity contribution in [2.75, 3.05) is 0 Å². The zero-order valence-corrected chi connectivity index (χ0v) is 13.7. The molecule has 0 spiro atoms. The normalized spacial score (nSPS) is 14.0. The third kappa shape index (κ3) is 3.18. The number of aromatic amines is 1. The van der Waals surface area contributed by atoms with Crippen LogP contribution in [0.2, 0.25) is 0 Å². The topological polar surface area (TPSA) is 57.2 Å². The van der Waals surface area contributed by atoms with E-state index in [0.717, 1.165) is 29.3 Å². The minimum atomic E-state index is -0.302. The van der Waals surface area contributed by atoms with Crippen LogP contribution in [0, 0.1) is 5.82 Å². The molecule has 1 heterocycles. The Kier molecular flexibility index (Phi) is 4.06. The molecule has 1 amide bonds. The SMILES string of the molecule is O=C(N/N=C/c1ccc(F)cc1)c1ccc2[nH]c3c(c2c1)CCCC3. The summed E-state index contributed by atoms with van der Waals surface area (Å²) in [5, 5.41) is 5.08. The largest absolute Gasteiger partial charge is 0.358 e. The van der Waals surface area contributed by atoms with E-state index in [9.17, 15) is 9.18 Å². The van der Waals surface area contributed by atoms with E-state index in [4.69, 9.17) is 0 Å². The van der Waals surface area contributed by atoms with Crippen molar-refractivity contribution in [3.05, 3.63) is 70.7 Å². The Morgan fingerprint density at radius 2 is 1.92 bits per heavy atom. The van der Waals surface area contributed by atoms with Gasteiger partial charge in [0.1, 0.15) is 5.82 Å². The molecule has 0 fully saturated rings. The van der Waals surface area contributed by atoms with Crippen LogP contribution < -0.4 is 5.43 Å². The number of amides is 1. The number of hydrazone groups is 1. The van der Waals surface area contributed by atoms with Crippen LogP contribution in [0.5, 0.6) is 0 Å². The van der Waals surface area contributed by atoms with Crippen LogP contribution in [0.4, 0.5) is 4.39 Å². The molecule has 0 radical (unpaired) electrons. The summed E-state index contributed by atoms with van der Waals surface area (Å²) in [6, 6.07) is 11.6. The van der Waals surface area contributed by atoms with E-state index in [1.165, 1.54) is 42.4 Å². The summed E-state index contributed by atoms with van der Waals surface area (Å²) in [5.41, 5.74) is 7.54. The summed E-state index contributed by atoms with van der Waals surface area (Å²) in [5.74, 6) is -0.560. The molecule has 25 heavy (non-hydrogen) atoms. The number of aromatic nitrogens is 1. The zero-order chi connectivity index (χ0) is 17.2. The molecule has 0 saturated carbocycles. The Morgan fingerprint density at radius 3 is 2.76 bits per heavy atom. The summed E-state index contributed by atoms with van der Waals surface area (Å²) in [6.07, 6.45) is 6.04. The van der Waals surface area contributed by atoms with E-state index in [1.807, 2.05) is 12.1 Å². The monoisotopic (exact) mass is 335 g/mol. The molecule has 2 N–H and O–H groups in total. The number of nitrogens with one attached hydrogen (secondary N) is 2. The molecule has 0 atom stereocenters. The molecule has 1 aliphatic carbocycles. The highest BCUT2D eigenvalue weighted by atomic mass is 19.1. The smallest absolute Gasteiger partial charge is 0.271 e. The first-order valence-corrected chi connectivity index (χ1v) is 8.43. The van der Waals surface area contributed by atoms with Gasteiger partial charge in [-0.3, -0.25) is 4.79 Å². The first-order chi connectivity index (χ1) is 12.2. The Hall–Kier alpha value is -2.95. The number of fused-ring (bicyclic) bond motifs is 3. The number of hydrogen-bond acceptors (Lipinski definition) is 2. The first kappa shape index (κ1) is 15.6. The summed E-state index contributed by atoms with van der Waals surface area (Å²) in [7, 11) is 0. The molecule has 3 aromatic rings. The number of hydrogen-bond donors (Lipinski definition) is 2. The molecule has 5 heteroatoms. The molecule has 4 rings (SSSR count). The molecule has 126 valence electrons. The fraction of sp³-hybridized carbons (Fsp3) is 0.200. The third-order valence-electron chi connectivity index (χ3n) is 4.61. The predicted molar refractivity (Wildman–Crippen MR) is 96.4 cm³/mol. The third-order valence-corrected chi connectivity index (χ3v) is 4.61. The fourth-order valence-electron chi connectivity index (χ4n) is 3.33. The van der Waals surface area contributed by atoms with Crippen LogP contribution >= 0.6 is 0 Å². The van der Waals surface area contributed by atoms with Crippen LogP contribution in [-0.2, 0) is 12.8 Å². The van der Waals surface area contributed by atoms with E-state index in [2.05, 4.69) is 15.5 Å². The standard InChI is InChI=1S/C20H18FN3O/c21-15-8-5-13(6-9-15)12-22-24-20(25)14-7-10-19-17(11-14)16-3-1-2-4-18(16)23-19/h5-12,23H,1-4H2,(H,24,25)/b22-12+. The summed E-state index contributed by atoms with van der Waals surface area (Å²) >= 11 is 0. The number of halogens is 1. The Bertz CT molecular complexity index is 957. The molecule has 0 saturated heterocycles. The van der Waals surface area contributed by atoms with Crippen molar-refractivity contribution >= 4 is 23.0 Å². The van der Waals surface area contributed by atoms with Gasteiger partial charge in [0, 0.05) is 22.2 Å². The van der Waals surface area contributed by atoms with Gasteiger partial charge in [-0.05, 0) is 67.1 Å². The number of aryl methyl sites for hydroxylation is 2. The van der Waals surface area contributed by atoms with Crippen LogP contribution in [0.3, 0.4) is 0 Å². The van der Waals surface area contributed by atoms with Crippen LogP contribution in [-0.4, -0.2) is 17.1 Å². The minimum absolute atomic E-state index is 0.258. The van der Waals surface area contributed by atoms with Crippen LogP contribution in [0.1, 0.15) is 40.0 Å². The molecular formula is C20H18FN3O. The van der Waals surface area contributed by atoms with Gasteiger partial charge >= 0.3 is 0 Å². The Balaban J connectivity index is 1.52. The van der Waals surface area contributed by atoms with Gasteiger partial charge in [-0.25, -0.2) is 9.82 Å². The van der Waals surface area contributed by atoms with E-state index < -0.39 is 0 Å². The second-order valence-corrected chi connectivity index (χ2v) is 6.30. The van der Waals surface area contributed by atoms with Gasteiger partial charge in [0.2, 0.25) is 0 Å². The van der Waals surface area contributed by atoms with E-state index >= 15 is 0 Å². The van der Waals surface area contributed by atoms with Gasteiger partial charge in [0.05, 0.1) is 6.21 Å². The predicted octanol–water partition coefficient (Wildman–Crippen LogP) is 3.95. The lowest BCUT2D eigenvalue weighted by molar-refractivity contribution is 0.0955. The van der Waals surface area contributed by atoms with Crippen molar-refractivity contribution in [2.24, 2.45) is 5.10 Å². The van der Waals surface area contributed by atoms with Crippen molar-refractivity contribution < 1.29 is 9.18 Å². The van der Waals surface area contributed by atoms with Gasteiger partial charge in [-0.2, -0.15) is 5.10 Å². The van der Waals surface area contributed by atoms with Gasteiger partial charge in [-0.1, -0.05) is 12.1 Å². The van der Waals surface area contributed by atoms with Crippen molar-refractivity contribution in [3.63, 3.8) is 0 Å². The molecule has 0 aliphatic heterocycles. The first-order valence-electron chi connectivity index (χ1n) is 8.43. The molecule has 0 unspecified atom stereocenters. The highest BCUT2D eigenvalue weighted by Crippen LogP contribution is 2.29. The van der Waals surface area contributed by atoms with Gasteiger partial charge in [-0.15, -0.1) is 0 Å². The average Bonchev–Trinajstić information content (AvgIpc) is 3.01. The molecular weight excluding hydrogens is 317 g/mol. The number of H-pyrrole nitrogens is 1. The number of rotatable bonds is 3. The minimum Gasteiger partial charge on any atom is -0.358 e. The maximum absolute atomic E-state index is 12.9. The Morgan fingerprint density at radius 1 is 1.12 bits per heavy atom. The quantitative estimate of drug-likeness (QED) is 0.553. The highest BCUT2D eigenvalue weighted by Gasteiger charge is 2.16. The van der Waals surface area contributed by atoms with Gasteiger partial charge in [0.15, 0.2) is 0 Å². The Labute approximate surface area is 144 Å². The lowest BCUT2D eigenvalue weighted by atomic mass is 9.95. The molecule has 1 aromatic heterocycles. The molecule has 2 aromatic carbocycles. The van der Waals surface area contributed by atoms with Gasteiger partial charge in [0.25, 0.3) is 5.91 Å². The zero-order valence-electron chi connectivity index (χ0n) is 13.7. The second kappa shape index (κ2) is 6.51. The lowest BCUT2D eigenvalue weighted by Gasteiger charge is -2.10. The maximum Gasteiger partial charge on any atom is 0.271 e. The van der Waals surface area contributed by atoms with Crippen molar-refractivity contribution in [1.82, 2.24) is 10.4 Å². The summed E-state index contributed by atoms with van der Waals surface area (Å²) in [6.45, 7) is 0. The van der Waals surface area contributed by atoms with E-state index in [0.29, 0.717) is 5.56 Å². The number of carbonyl (C=O) groups is 1. The van der Waals surface area contributed by atoms with Crippen LogP contribution in [0.15, 0.2) is 47.6 Å². The summed E-state index contributed by atoms with van der Waals surface area (Å²) in [4.78, 5) is 15.8. The second-order valence-electron chi connectivity index (χ2n) is 6.30. The molecule has 4 nitrogen and oxygen atoms in total. The maximum atomic E-state index is 12.9. The fourth-order valence-corrected chi connectivity index (χ4v) is 3.33. The number of carbonyl (C=O) groups excluding carboxylic acids is 1.